The second-order valence-corrected chi connectivity index (χ2v) is 6.80. The first-order chi connectivity index (χ1) is 13.5. The number of para-hydroxylation sites is 1. The minimum atomic E-state index is -0.0714. The first-order valence-electron chi connectivity index (χ1n) is 9.01. The minimum absolute atomic E-state index is 0.0714. The van der Waals surface area contributed by atoms with Crippen LogP contribution in [0.15, 0.2) is 48.8 Å². The van der Waals surface area contributed by atoms with Crippen LogP contribution >= 0.6 is 0 Å². The number of tetrazole rings is 1. The fourth-order valence-electron chi connectivity index (χ4n) is 3.46. The number of pyridine rings is 1. The van der Waals surface area contributed by atoms with Crippen molar-refractivity contribution in [3.05, 3.63) is 71.2 Å². The number of aromatic nitrogens is 5. The Labute approximate surface area is 162 Å². The number of hydrogen-bond acceptors (Lipinski definition) is 5. The van der Waals surface area contributed by atoms with E-state index >= 15 is 0 Å². The summed E-state index contributed by atoms with van der Waals surface area (Å²) < 4.78 is 1.59. The smallest absolute Gasteiger partial charge is 0.228 e. The zero-order valence-corrected chi connectivity index (χ0v) is 16.0. The van der Waals surface area contributed by atoms with Gasteiger partial charge >= 0.3 is 0 Å². The fraction of sp³-hybridized carbons (Fsp3) is 0.190. The molecule has 0 aliphatic carbocycles. The van der Waals surface area contributed by atoms with Crippen molar-refractivity contribution in [1.29, 1.82) is 0 Å². The van der Waals surface area contributed by atoms with Gasteiger partial charge in [0.15, 0.2) is 0 Å². The molecule has 0 spiro atoms. The molecule has 0 atom stereocenters. The Morgan fingerprint density at radius 3 is 2.68 bits per heavy atom. The first kappa shape index (κ1) is 17.8. The lowest BCUT2D eigenvalue weighted by Crippen LogP contribution is -2.16. The molecule has 0 aliphatic rings. The lowest BCUT2D eigenvalue weighted by atomic mass is 9.99. The maximum Gasteiger partial charge on any atom is 0.228 e. The number of anilines is 1. The molecule has 4 aromatic rings. The van der Waals surface area contributed by atoms with Gasteiger partial charge in [0.25, 0.3) is 0 Å². The van der Waals surface area contributed by atoms with Crippen LogP contribution in [0.1, 0.15) is 22.4 Å². The summed E-state index contributed by atoms with van der Waals surface area (Å²) in [6, 6.07) is 13.6. The Kier molecular flexibility index (Phi) is 4.57. The van der Waals surface area contributed by atoms with Gasteiger partial charge in [-0.15, -0.1) is 5.10 Å². The van der Waals surface area contributed by atoms with Gasteiger partial charge in [-0.2, -0.15) is 0 Å². The normalized spacial score (nSPS) is 11.0. The summed E-state index contributed by atoms with van der Waals surface area (Å²) in [6.07, 6.45) is 1.82. The van der Waals surface area contributed by atoms with Gasteiger partial charge < -0.3 is 5.32 Å². The van der Waals surface area contributed by atoms with Gasteiger partial charge in [0.1, 0.15) is 6.33 Å². The zero-order chi connectivity index (χ0) is 19.7. The summed E-state index contributed by atoms with van der Waals surface area (Å²) in [5.74, 6) is -0.0714. The number of carbonyl (C=O) groups is 1. The average Bonchev–Trinajstić information content (AvgIpc) is 3.20. The molecule has 0 bridgehead atoms. The third kappa shape index (κ3) is 3.34. The van der Waals surface area contributed by atoms with Crippen LogP contribution in [0.25, 0.3) is 16.6 Å². The molecule has 2 heterocycles. The largest absolute Gasteiger partial charge is 0.326 e. The summed E-state index contributed by atoms with van der Waals surface area (Å²) in [6.45, 7) is 5.95. The van der Waals surface area contributed by atoms with E-state index in [4.69, 9.17) is 0 Å². The SMILES string of the molecule is Cc1cc(NC(=O)Cc2c(C)nc3ccccc3c2C)ccc1-n1cnnn1. The number of carbonyl (C=O) groups excluding carboxylic acids is 1. The highest BCUT2D eigenvalue weighted by Gasteiger charge is 2.14. The number of nitrogens with zero attached hydrogens (tertiary/aromatic N) is 5. The van der Waals surface area contributed by atoms with E-state index in [1.54, 1.807) is 11.0 Å². The van der Waals surface area contributed by atoms with E-state index in [0.717, 1.165) is 44.7 Å². The van der Waals surface area contributed by atoms with E-state index in [9.17, 15) is 4.79 Å². The second kappa shape index (κ2) is 7.19. The van der Waals surface area contributed by atoms with Crippen LogP contribution in [0.2, 0.25) is 0 Å². The lowest BCUT2D eigenvalue weighted by molar-refractivity contribution is -0.115. The Morgan fingerprint density at radius 2 is 1.93 bits per heavy atom. The van der Waals surface area contributed by atoms with Crippen molar-refractivity contribution in [3.63, 3.8) is 0 Å². The number of nitrogens with one attached hydrogen (secondary N) is 1. The van der Waals surface area contributed by atoms with Crippen LogP contribution in [0.3, 0.4) is 0 Å². The van der Waals surface area contributed by atoms with E-state index in [2.05, 4.69) is 25.8 Å². The van der Waals surface area contributed by atoms with E-state index in [1.807, 2.05) is 63.2 Å². The molecule has 0 saturated carbocycles. The average molecular weight is 372 g/mol. The Bertz CT molecular complexity index is 1170. The first-order valence-corrected chi connectivity index (χ1v) is 9.01. The highest BCUT2D eigenvalue weighted by Crippen LogP contribution is 2.24. The Morgan fingerprint density at radius 1 is 1.11 bits per heavy atom. The molecule has 2 aromatic carbocycles. The summed E-state index contributed by atoms with van der Waals surface area (Å²) in [5.41, 5.74) is 6.48. The van der Waals surface area contributed by atoms with Crippen LogP contribution in [0.4, 0.5) is 5.69 Å². The Hall–Kier alpha value is -3.61. The molecule has 140 valence electrons. The summed E-state index contributed by atoms with van der Waals surface area (Å²) in [4.78, 5) is 17.3. The van der Waals surface area contributed by atoms with Crippen LogP contribution in [0.5, 0.6) is 0 Å². The predicted octanol–water partition coefficient (Wildman–Crippen LogP) is 3.32. The third-order valence-electron chi connectivity index (χ3n) is 4.90. The van der Waals surface area contributed by atoms with Crippen molar-refractivity contribution in [3.8, 4) is 5.69 Å². The van der Waals surface area contributed by atoms with Gasteiger partial charge in [-0.1, -0.05) is 18.2 Å². The molecule has 0 radical (unpaired) electrons. The highest BCUT2D eigenvalue weighted by atomic mass is 16.1. The number of benzene rings is 2. The van der Waals surface area contributed by atoms with Gasteiger partial charge in [0.05, 0.1) is 17.6 Å². The number of fused-ring (bicyclic) bond motifs is 1. The molecule has 0 unspecified atom stereocenters. The summed E-state index contributed by atoms with van der Waals surface area (Å²) in [5, 5.41) is 15.3. The van der Waals surface area contributed by atoms with Crippen molar-refractivity contribution in [2.45, 2.75) is 27.2 Å². The van der Waals surface area contributed by atoms with Crippen molar-refractivity contribution in [1.82, 2.24) is 25.2 Å². The van der Waals surface area contributed by atoms with Crippen molar-refractivity contribution in [2.24, 2.45) is 0 Å². The van der Waals surface area contributed by atoms with Crippen molar-refractivity contribution < 1.29 is 4.79 Å². The third-order valence-corrected chi connectivity index (χ3v) is 4.90. The van der Waals surface area contributed by atoms with Crippen LogP contribution < -0.4 is 5.32 Å². The minimum Gasteiger partial charge on any atom is -0.326 e. The molecule has 0 saturated heterocycles. The lowest BCUT2D eigenvalue weighted by Gasteiger charge is -2.13. The number of rotatable bonds is 4. The van der Waals surface area contributed by atoms with Gasteiger partial charge in [-0.25, -0.2) is 4.68 Å². The number of hydrogen-bond donors (Lipinski definition) is 1. The van der Waals surface area contributed by atoms with Crippen molar-refractivity contribution in [2.75, 3.05) is 5.32 Å². The molecule has 2 aromatic heterocycles. The predicted molar refractivity (Wildman–Crippen MR) is 107 cm³/mol. The number of amides is 1. The van der Waals surface area contributed by atoms with Gasteiger partial charge in [-0.05, 0) is 72.2 Å². The van der Waals surface area contributed by atoms with E-state index in [0.29, 0.717) is 0 Å². The molecular formula is C21H20N6O. The summed E-state index contributed by atoms with van der Waals surface area (Å²) >= 11 is 0. The number of aryl methyl sites for hydroxylation is 3. The maximum absolute atomic E-state index is 12.7. The van der Waals surface area contributed by atoms with E-state index in [1.165, 1.54) is 0 Å². The van der Waals surface area contributed by atoms with Crippen LogP contribution in [-0.2, 0) is 11.2 Å². The van der Waals surface area contributed by atoms with Gasteiger partial charge in [0.2, 0.25) is 5.91 Å². The quantitative estimate of drug-likeness (QED) is 0.594. The monoisotopic (exact) mass is 372 g/mol. The van der Waals surface area contributed by atoms with E-state index < -0.39 is 0 Å². The molecule has 7 nitrogen and oxygen atoms in total. The molecule has 1 N–H and O–H groups in total. The highest BCUT2D eigenvalue weighted by molar-refractivity contribution is 5.94. The second-order valence-electron chi connectivity index (χ2n) is 6.80. The van der Waals surface area contributed by atoms with Crippen LogP contribution in [-0.4, -0.2) is 31.1 Å². The van der Waals surface area contributed by atoms with Crippen molar-refractivity contribution >= 4 is 22.5 Å². The van der Waals surface area contributed by atoms with Gasteiger partial charge in [0, 0.05) is 16.8 Å². The zero-order valence-electron chi connectivity index (χ0n) is 16.0. The molecule has 7 heteroatoms. The maximum atomic E-state index is 12.7. The van der Waals surface area contributed by atoms with E-state index in [-0.39, 0.29) is 12.3 Å². The Balaban J connectivity index is 1.55. The molecule has 4 rings (SSSR count). The topological polar surface area (TPSA) is 85.6 Å². The molecule has 1 amide bonds. The summed E-state index contributed by atoms with van der Waals surface area (Å²) in [7, 11) is 0. The molecular weight excluding hydrogens is 352 g/mol. The fourth-order valence-corrected chi connectivity index (χ4v) is 3.46. The molecule has 28 heavy (non-hydrogen) atoms. The van der Waals surface area contributed by atoms with Crippen LogP contribution in [0, 0.1) is 20.8 Å². The molecule has 0 fully saturated rings. The standard InChI is InChI=1S/C21H20N6O/c1-13-10-16(8-9-20(13)27-12-22-25-26-27)24-21(28)11-18-14(2)17-6-4-5-7-19(17)23-15(18)3/h4-10,12H,11H2,1-3H3,(H,24,28). The van der Waals surface area contributed by atoms with Gasteiger partial charge in [-0.3, -0.25) is 9.78 Å². The molecule has 0 aliphatic heterocycles.